The number of thioether (sulfide) groups is 1. The van der Waals surface area contributed by atoms with E-state index in [1.165, 1.54) is 6.07 Å². The van der Waals surface area contributed by atoms with Crippen LogP contribution in [0.25, 0.3) is 0 Å². The Kier molecular flexibility index (Phi) is 3.64. The molecular formula is C14H17F3OS. The van der Waals surface area contributed by atoms with E-state index >= 15 is 0 Å². The van der Waals surface area contributed by atoms with E-state index in [0.717, 1.165) is 17.9 Å². The van der Waals surface area contributed by atoms with Crippen LogP contribution in [0.15, 0.2) is 24.3 Å². The Bertz CT molecular complexity index is 470. The monoisotopic (exact) mass is 290 g/mol. The Morgan fingerprint density at radius 1 is 1.21 bits per heavy atom. The molecule has 1 atom stereocenters. The summed E-state index contributed by atoms with van der Waals surface area (Å²) in [6, 6.07) is 5.05. The maximum Gasteiger partial charge on any atom is 0.416 e. The first-order valence-electron chi connectivity index (χ1n) is 6.10. The second kappa shape index (κ2) is 4.70. The topological polar surface area (TPSA) is 20.2 Å². The predicted octanol–water partition coefficient (Wildman–Crippen LogP) is 4.06. The van der Waals surface area contributed by atoms with Gasteiger partial charge in [0.05, 0.1) is 11.2 Å². The van der Waals surface area contributed by atoms with E-state index in [1.54, 1.807) is 17.8 Å². The summed E-state index contributed by atoms with van der Waals surface area (Å²) in [6.45, 7) is 4.05. The van der Waals surface area contributed by atoms with Crippen LogP contribution in [0.2, 0.25) is 0 Å². The maximum atomic E-state index is 12.7. The van der Waals surface area contributed by atoms with Gasteiger partial charge >= 0.3 is 6.18 Å². The van der Waals surface area contributed by atoms with Crippen molar-refractivity contribution in [2.45, 2.75) is 32.0 Å². The number of hydrogen-bond donors (Lipinski definition) is 1. The number of hydrogen-bond acceptors (Lipinski definition) is 2. The van der Waals surface area contributed by atoms with Crippen molar-refractivity contribution in [3.8, 4) is 0 Å². The van der Waals surface area contributed by atoms with Crippen LogP contribution in [0.5, 0.6) is 0 Å². The van der Waals surface area contributed by atoms with Crippen LogP contribution in [0, 0.1) is 5.41 Å². The van der Waals surface area contributed by atoms with Crippen LogP contribution >= 0.6 is 11.8 Å². The van der Waals surface area contributed by atoms with Crippen LogP contribution < -0.4 is 0 Å². The fourth-order valence-corrected chi connectivity index (χ4v) is 3.92. The van der Waals surface area contributed by atoms with E-state index in [9.17, 15) is 18.3 Å². The minimum atomic E-state index is -4.37. The largest absolute Gasteiger partial charge is 0.416 e. The second-order valence-electron chi connectivity index (χ2n) is 5.94. The van der Waals surface area contributed by atoms with Gasteiger partial charge in [-0.3, -0.25) is 0 Å². The highest BCUT2D eigenvalue weighted by Gasteiger charge is 2.41. The molecule has 0 bridgehead atoms. The molecule has 1 aliphatic heterocycles. The maximum absolute atomic E-state index is 12.7. The number of benzene rings is 1. The molecule has 0 radical (unpaired) electrons. The van der Waals surface area contributed by atoms with Crippen molar-refractivity contribution in [3.05, 3.63) is 35.4 Å². The Balaban J connectivity index is 2.36. The van der Waals surface area contributed by atoms with Gasteiger partial charge in [-0.25, -0.2) is 0 Å². The van der Waals surface area contributed by atoms with Crippen LogP contribution in [-0.4, -0.2) is 16.6 Å². The first kappa shape index (κ1) is 14.7. The van der Waals surface area contributed by atoms with E-state index in [1.807, 2.05) is 13.8 Å². The van der Waals surface area contributed by atoms with Gasteiger partial charge in [0.15, 0.2) is 0 Å². The van der Waals surface area contributed by atoms with Crippen molar-refractivity contribution in [2.75, 3.05) is 11.5 Å². The van der Waals surface area contributed by atoms with Crippen molar-refractivity contribution in [2.24, 2.45) is 5.41 Å². The van der Waals surface area contributed by atoms with Crippen molar-refractivity contribution in [1.29, 1.82) is 0 Å². The third-order valence-corrected chi connectivity index (χ3v) is 5.00. The lowest BCUT2D eigenvalue weighted by Crippen LogP contribution is -2.40. The molecule has 1 fully saturated rings. The highest BCUT2D eigenvalue weighted by molar-refractivity contribution is 7.99. The van der Waals surface area contributed by atoms with E-state index < -0.39 is 17.3 Å². The molecule has 5 heteroatoms. The normalized spacial score (nSPS) is 27.3. The van der Waals surface area contributed by atoms with Gasteiger partial charge < -0.3 is 5.11 Å². The molecule has 1 nitrogen and oxygen atoms in total. The molecule has 2 rings (SSSR count). The minimum absolute atomic E-state index is 0.0775. The molecule has 0 aliphatic carbocycles. The fraction of sp³-hybridized carbons (Fsp3) is 0.571. The van der Waals surface area contributed by atoms with Gasteiger partial charge in [-0.2, -0.15) is 24.9 Å². The summed E-state index contributed by atoms with van der Waals surface area (Å²) in [5.41, 5.74) is -1.59. The molecule has 0 spiro atoms. The number of aliphatic hydroxyl groups is 1. The number of rotatable bonds is 1. The van der Waals surface area contributed by atoms with Crippen LogP contribution in [0.4, 0.5) is 13.2 Å². The predicted molar refractivity (Wildman–Crippen MR) is 71.1 cm³/mol. The Labute approximate surface area is 115 Å². The Morgan fingerprint density at radius 2 is 1.89 bits per heavy atom. The third-order valence-electron chi connectivity index (χ3n) is 3.33. The lowest BCUT2D eigenvalue weighted by Gasteiger charge is -2.41. The molecular weight excluding hydrogens is 273 g/mol. The summed E-state index contributed by atoms with van der Waals surface area (Å²) < 4.78 is 38.2. The van der Waals surface area contributed by atoms with Gasteiger partial charge in [-0.15, -0.1) is 0 Å². The Hall–Kier alpha value is -0.680. The quantitative estimate of drug-likeness (QED) is 0.842. The van der Waals surface area contributed by atoms with E-state index in [4.69, 9.17) is 0 Å². The summed E-state index contributed by atoms with van der Waals surface area (Å²) in [5.74, 6) is 1.35. The van der Waals surface area contributed by atoms with Gasteiger partial charge in [0.1, 0.15) is 0 Å². The summed E-state index contributed by atoms with van der Waals surface area (Å²) in [5, 5.41) is 10.7. The van der Waals surface area contributed by atoms with Gasteiger partial charge in [0.2, 0.25) is 0 Å². The molecule has 0 saturated carbocycles. The van der Waals surface area contributed by atoms with Crippen molar-refractivity contribution < 1.29 is 18.3 Å². The van der Waals surface area contributed by atoms with Crippen LogP contribution in [-0.2, 0) is 11.8 Å². The summed E-state index contributed by atoms with van der Waals surface area (Å²) in [4.78, 5) is 0. The SMILES string of the molecule is CC1(C)CSCC(O)(c2cccc(C(F)(F)F)c2)C1. The Morgan fingerprint density at radius 3 is 2.47 bits per heavy atom. The molecule has 1 saturated heterocycles. The molecule has 0 amide bonds. The highest BCUT2D eigenvalue weighted by Crippen LogP contribution is 2.45. The molecule has 1 aromatic carbocycles. The second-order valence-corrected chi connectivity index (χ2v) is 6.93. The van der Waals surface area contributed by atoms with Gasteiger partial charge in [-0.1, -0.05) is 26.0 Å². The van der Waals surface area contributed by atoms with Gasteiger partial charge in [0, 0.05) is 5.75 Å². The van der Waals surface area contributed by atoms with E-state index in [-0.39, 0.29) is 5.41 Å². The van der Waals surface area contributed by atoms with Crippen LogP contribution in [0.3, 0.4) is 0 Å². The molecule has 1 aliphatic rings. The fourth-order valence-electron chi connectivity index (χ4n) is 2.56. The van der Waals surface area contributed by atoms with E-state index in [0.29, 0.717) is 17.7 Å². The molecule has 106 valence electrons. The van der Waals surface area contributed by atoms with E-state index in [2.05, 4.69) is 0 Å². The average molecular weight is 290 g/mol. The van der Waals surface area contributed by atoms with Crippen LogP contribution in [0.1, 0.15) is 31.4 Å². The lowest BCUT2D eigenvalue weighted by atomic mass is 9.78. The summed E-state index contributed by atoms with van der Waals surface area (Å²) >= 11 is 1.59. The van der Waals surface area contributed by atoms with Crippen molar-refractivity contribution in [1.82, 2.24) is 0 Å². The standard InChI is InChI=1S/C14H17F3OS/c1-12(2)7-13(18,9-19-8-12)10-4-3-5-11(6-10)14(15,16)17/h3-6,18H,7-9H2,1-2H3. The third kappa shape index (κ3) is 3.26. The zero-order valence-electron chi connectivity index (χ0n) is 10.9. The average Bonchev–Trinajstić information content (AvgIpc) is 2.26. The molecule has 1 aromatic rings. The first-order valence-corrected chi connectivity index (χ1v) is 7.26. The molecule has 1 heterocycles. The number of alkyl halides is 3. The minimum Gasteiger partial charge on any atom is -0.384 e. The van der Waals surface area contributed by atoms with Crippen molar-refractivity contribution in [3.63, 3.8) is 0 Å². The zero-order valence-corrected chi connectivity index (χ0v) is 11.7. The molecule has 0 aromatic heterocycles. The molecule has 1 N–H and O–H groups in total. The lowest BCUT2D eigenvalue weighted by molar-refractivity contribution is -0.137. The smallest absolute Gasteiger partial charge is 0.384 e. The zero-order chi connectivity index (χ0) is 14.3. The van der Waals surface area contributed by atoms with Crippen molar-refractivity contribution >= 4 is 11.8 Å². The van der Waals surface area contributed by atoms with Gasteiger partial charge in [0.25, 0.3) is 0 Å². The highest BCUT2D eigenvalue weighted by atomic mass is 32.2. The first-order chi connectivity index (χ1) is 8.62. The molecule has 19 heavy (non-hydrogen) atoms. The van der Waals surface area contributed by atoms with Gasteiger partial charge in [-0.05, 0) is 35.3 Å². The molecule has 1 unspecified atom stereocenters. The summed E-state index contributed by atoms with van der Waals surface area (Å²) in [6.07, 6.45) is -3.89. The number of halogens is 3. The summed E-state index contributed by atoms with van der Waals surface area (Å²) in [7, 11) is 0.